The van der Waals surface area contributed by atoms with Crippen LogP contribution >= 0.6 is 0 Å². The molecule has 1 aromatic carbocycles. The van der Waals surface area contributed by atoms with E-state index in [1.807, 2.05) is 32.0 Å². The minimum atomic E-state index is -0.994. The van der Waals surface area contributed by atoms with E-state index in [0.717, 1.165) is 5.56 Å². The Balaban J connectivity index is 2.01. The molecule has 0 aliphatic rings. The molecule has 25 heavy (non-hydrogen) atoms. The van der Waals surface area contributed by atoms with Crippen molar-refractivity contribution in [2.24, 2.45) is 5.92 Å². The molecule has 0 aliphatic heterocycles. The largest absolute Gasteiger partial charge is 0.496 e. The zero-order valence-corrected chi connectivity index (χ0v) is 14.5. The van der Waals surface area contributed by atoms with Crippen LogP contribution in [-0.4, -0.2) is 35.8 Å². The second-order valence-corrected chi connectivity index (χ2v) is 6.03. The molecular formula is C18H22N2O5. The lowest BCUT2D eigenvalue weighted by Gasteiger charge is -2.15. The number of carboxylic acids is 1. The van der Waals surface area contributed by atoms with Gasteiger partial charge in [0, 0.05) is 12.6 Å². The van der Waals surface area contributed by atoms with Gasteiger partial charge in [-0.15, -0.1) is 0 Å². The SMILES string of the molecule is COc1ccccc1CC(CNC(=O)c1cc(C(C)C)no1)C(=O)O. The predicted octanol–water partition coefficient (Wildman–Crippen LogP) is 2.48. The number of carbonyl (C=O) groups is 2. The van der Waals surface area contributed by atoms with E-state index in [0.29, 0.717) is 11.4 Å². The van der Waals surface area contributed by atoms with Gasteiger partial charge in [0.1, 0.15) is 5.75 Å². The third-order valence-corrected chi connectivity index (χ3v) is 3.86. The summed E-state index contributed by atoms with van der Waals surface area (Å²) in [7, 11) is 1.53. The summed E-state index contributed by atoms with van der Waals surface area (Å²) in [5.74, 6) is -1.42. The van der Waals surface area contributed by atoms with Crippen molar-refractivity contribution in [3.63, 3.8) is 0 Å². The Labute approximate surface area is 146 Å². The van der Waals surface area contributed by atoms with E-state index in [9.17, 15) is 14.7 Å². The first-order chi connectivity index (χ1) is 11.9. The van der Waals surface area contributed by atoms with Crippen molar-refractivity contribution in [1.29, 1.82) is 0 Å². The fourth-order valence-electron chi connectivity index (χ4n) is 2.35. The van der Waals surface area contributed by atoms with Crippen molar-refractivity contribution < 1.29 is 24.0 Å². The van der Waals surface area contributed by atoms with Gasteiger partial charge in [-0.3, -0.25) is 9.59 Å². The van der Waals surface area contributed by atoms with Gasteiger partial charge in [-0.1, -0.05) is 37.2 Å². The molecule has 7 nitrogen and oxygen atoms in total. The number of aromatic nitrogens is 1. The molecule has 0 saturated heterocycles. The summed E-state index contributed by atoms with van der Waals surface area (Å²) in [6, 6.07) is 8.78. The second-order valence-electron chi connectivity index (χ2n) is 6.03. The fraction of sp³-hybridized carbons (Fsp3) is 0.389. The lowest BCUT2D eigenvalue weighted by Crippen LogP contribution is -2.34. The van der Waals surface area contributed by atoms with Crippen molar-refractivity contribution in [1.82, 2.24) is 10.5 Å². The topological polar surface area (TPSA) is 102 Å². The Morgan fingerprint density at radius 1 is 1.32 bits per heavy atom. The quantitative estimate of drug-likeness (QED) is 0.761. The van der Waals surface area contributed by atoms with Crippen LogP contribution in [0, 0.1) is 5.92 Å². The van der Waals surface area contributed by atoms with Crippen molar-refractivity contribution >= 4 is 11.9 Å². The average Bonchev–Trinajstić information content (AvgIpc) is 3.08. The normalized spacial score (nSPS) is 12.0. The molecule has 1 heterocycles. The molecule has 0 bridgehead atoms. The Bertz CT molecular complexity index is 739. The van der Waals surface area contributed by atoms with Crippen LogP contribution in [-0.2, 0) is 11.2 Å². The van der Waals surface area contributed by atoms with Gasteiger partial charge in [-0.05, 0) is 24.0 Å². The first-order valence-corrected chi connectivity index (χ1v) is 8.01. The molecular weight excluding hydrogens is 324 g/mol. The first kappa shape index (κ1) is 18.5. The highest BCUT2D eigenvalue weighted by Gasteiger charge is 2.22. The maximum absolute atomic E-state index is 12.1. The molecule has 134 valence electrons. The molecule has 0 aliphatic carbocycles. The smallest absolute Gasteiger partial charge is 0.308 e. The Morgan fingerprint density at radius 3 is 2.64 bits per heavy atom. The van der Waals surface area contributed by atoms with Crippen molar-refractivity contribution in [2.45, 2.75) is 26.2 Å². The number of aliphatic carboxylic acids is 1. The Morgan fingerprint density at radius 2 is 2.04 bits per heavy atom. The summed E-state index contributed by atoms with van der Waals surface area (Å²) in [6.07, 6.45) is 0.243. The van der Waals surface area contributed by atoms with Crippen LogP contribution in [0.2, 0.25) is 0 Å². The predicted molar refractivity (Wildman–Crippen MR) is 90.7 cm³/mol. The highest BCUT2D eigenvalue weighted by Crippen LogP contribution is 2.21. The number of benzene rings is 1. The van der Waals surface area contributed by atoms with Gasteiger partial charge in [-0.25, -0.2) is 0 Å². The van der Waals surface area contributed by atoms with Crippen molar-refractivity contribution in [3.05, 3.63) is 47.3 Å². The minimum Gasteiger partial charge on any atom is -0.496 e. The van der Waals surface area contributed by atoms with Gasteiger partial charge in [0.05, 0.1) is 18.7 Å². The van der Waals surface area contributed by atoms with Crippen LogP contribution in [0.15, 0.2) is 34.9 Å². The highest BCUT2D eigenvalue weighted by molar-refractivity contribution is 5.91. The number of carboxylic acid groups (broad SMARTS) is 1. The summed E-state index contributed by atoms with van der Waals surface area (Å²) in [4.78, 5) is 23.6. The number of amides is 1. The number of hydrogen-bond donors (Lipinski definition) is 2. The van der Waals surface area contributed by atoms with Crippen LogP contribution in [0.5, 0.6) is 5.75 Å². The number of carbonyl (C=O) groups excluding carboxylic acids is 1. The molecule has 2 aromatic rings. The summed E-state index contributed by atoms with van der Waals surface area (Å²) >= 11 is 0. The lowest BCUT2D eigenvalue weighted by atomic mass is 9.98. The highest BCUT2D eigenvalue weighted by atomic mass is 16.5. The van der Waals surface area contributed by atoms with Gasteiger partial charge in [0.2, 0.25) is 5.76 Å². The fourth-order valence-corrected chi connectivity index (χ4v) is 2.35. The van der Waals surface area contributed by atoms with E-state index in [1.54, 1.807) is 12.1 Å². The zero-order valence-electron chi connectivity index (χ0n) is 14.5. The number of rotatable bonds is 8. The Kier molecular flexibility index (Phi) is 6.16. The van der Waals surface area contributed by atoms with E-state index >= 15 is 0 Å². The van der Waals surface area contributed by atoms with Gasteiger partial charge >= 0.3 is 5.97 Å². The van der Waals surface area contributed by atoms with Crippen LogP contribution in [0.25, 0.3) is 0 Å². The molecule has 2 N–H and O–H groups in total. The van der Waals surface area contributed by atoms with Gasteiger partial charge < -0.3 is 19.7 Å². The maximum atomic E-state index is 12.1. The third kappa shape index (κ3) is 4.82. The molecule has 1 aromatic heterocycles. The molecule has 0 fully saturated rings. The van der Waals surface area contributed by atoms with Crippen LogP contribution < -0.4 is 10.1 Å². The molecule has 7 heteroatoms. The van der Waals surface area contributed by atoms with Gasteiger partial charge in [0.15, 0.2) is 0 Å². The summed E-state index contributed by atoms with van der Waals surface area (Å²) in [5, 5.41) is 15.8. The Hall–Kier alpha value is -2.83. The monoisotopic (exact) mass is 346 g/mol. The summed E-state index contributed by atoms with van der Waals surface area (Å²) < 4.78 is 10.2. The number of ether oxygens (including phenoxy) is 1. The number of nitrogens with one attached hydrogen (secondary N) is 1. The average molecular weight is 346 g/mol. The molecule has 1 unspecified atom stereocenters. The number of methoxy groups -OCH3 is 1. The number of para-hydroxylation sites is 1. The summed E-state index contributed by atoms with van der Waals surface area (Å²) in [6.45, 7) is 3.85. The molecule has 0 saturated carbocycles. The van der Waals surface area contributed by atoms with Gasteiger partial charge in [-0.2, -0.15) is 0 Å². The molecule has 1 amide bonds. The van der Waals surface area contributed by atoms with E-state index in [4.69, 9.17) is 9.26 Å². The lowest BCUT2D eigenvalue weighted by molar-refractivity contribution is -0.141. The molecule has 0 radical (unpaired) electrons. The second kappa shape index (κ2) is 8.32. The number of nitrogens with zero attached hydrogens (tertiary/aromatic N) is 1. The van der Waals surface area contributed by atoms with Crippen LogP contribution in [0.3, 0.4) is 0 Å². The standard InChI is InChI=1S/C18H22N2O5/c1-11(2)14-9-16(25-20-14)17(21)19-10-13(18(22)23)8-12-6-4-5-7-15(12)24-3/h4-7,9,11,13H,8,10H2,1-3H3,(H,19,21)(H,22,23). The zero-order chi connectivity index (χ0) is 18.4. The van der Waals surface area contributed by atoms with E-state index in [-0.39, 0.29) is 24.6 Å². The third-order valence-electron chi connectivity index (χ3n) is 3.86. The van der Waals surface area contributed by atoms with Crippen LogP contribution in [0.4, 0.5) is 0 Å². The maximum Gasteiger partial charge on any atom is 0.308 e. The van der Waals surface area contributed by atoms with Crippen LogP contribution in [0.1, 0.15) is 41.6 Å². The first-order valence-electron chi connectivity index (χ1n) is 8.01. The van der Waals surface area contributed by atoms with E-state index in [2.05, 4.69) is 10.5 Å². The number of hydrogen-bond acceptors (Lipinski definition) is 5. The van der Waals surface area contributed by atoms with Gasteiger partial charge in [0.25, 0.3) is 5.91 Å². The summed E-state index contributed by atoms with van der Waals surface area (Å²) in [5.41, 5.74) is 1.45. The van der Waals surface area contributed by atoms with E-state index < -0.39 is 17.8 Å². The van der Waals surface area contributed by atoms with Crippen molar-refractivity contribution in [2.75, 3.05) is 13.7 Å². The molecule has 1 atom stereocenters. The van der Waals surface area contributed by atoms with E-state index in [1.165, 1.54) is 7.11 Å². The molecule has 0 spiro atoms. The van der Waals surface area contributed by atoms with Crippen molar-refractivity contribution in [3.8, 4) is 5.75 Å². The molecule has 2 rings (SSSR count). The minimum absolute atomic E-state index is 0.0239.